The normalized spacial score (nSPS) is 19.6. The fraction of sp³-hybridized carbons (Fsp3) is 0.472. The van der Waals surface area contributed by atoms with Crippen LogP contribution in [-0.2, 0) is 46.5 Å². The number of carbonyl (C=O) groups is 5. The highest BCUT2D eigenvalue weighted by atomic mass is 16.6. The third-order valence-corrected chi connectivity index (χ3v) is 8.43. The summed E-state index contributed by atoms with van der Waals surface area (Å²) in [5.74, 6) is -1.23. The molecular weight excluding hydrogens is 632 g/mol. The average molecular weight is 681 g/mol. The first-order chi connectivity index (χ1) is 23.8. The smallest absolute Gasteiger partial charge is 0.411 e. The van der Waals surface area contributed by atoms with Crippen molar-refractivity contribution in [2.45, 2.75) is 57.4 Å². The molecule has 0 aliphatic carbocycles. The van der Waals surface area contributed by atoms with E-state index in [-0.39, 0.29) is 33.4 Å². The maximum absolute atomic E-state index is 12.5. The predicted octanol–water partition coefficient (Wildman–Crippen LogP) is 3.92. The maximum atomic E-state index is 12.5. The molecule has 13 heteroatoms. The molecule has 2 atom stereocenters. The summed E-state index contributed by atoms with van der Waals surface area (Å²) in [6.07, 6.45) is 5.67. The highest BCUT2D eigenvalue weighted by Crippen LogP contribution is 2.25. The number of ether oxygens (including phenoxy) is 4. The summed E-state index contributed by atoms with van der Waals surface area (Å²) in [5.41, 5.74) is 2.74. The molecule has 0 spiro atoms. The number of likely N-dealkylation sites (tertiary alicyclic amines) is 2. The molecule has 2 aromatic carbocycles. The summed E-state index contributed by atoms with van der Waals surface area (Å²) in [6.45, 7) is 4.97. The number of hydrogen-bond donors (Lipinski definition) is 1. The summed E-state index contributed by atoms with van der Waals surface area (Å²) in [5, 5.41) is 3.22. The Kier molecular flexibility index (Phi) is 14.4. The minimum Gasteiger partial charge on any atom is -0.467 e. The van der Waals surface area contributed by atoms with Gasteiger partial charge in [0.1, 0.15) is 19.3 Å². The largest absolute Gasteiger partial charge is 0.467 e. The number of ketones is 1. The summed E-state index contributed by atoms with van der Waals surface area (Å²) in [7, 11) is 2.55. The van der Waals surface area contributed by atoms with Crippen LogP contribution in [0.5, 0.6) is 0 Å². The summed E-state index contributed by atoms with van der Waals surface area (Å²) in [6, 6.07) is 17.0. The molecule has 4 aliphatic rings. The molecule has 0 aromatic heterocycles. The van der Waals surface area contributed by atoms with Crippen LogP contribution in [0.2, 0.25) is 0 Å². The van der Waals surface area contributed by atoms with Crippen LogP contribution in [0.3, 0.4) is 0 Å². The van der Waals surface area contributed by atoms with Crippen LogP contribution < -0.4 is 5.32 Å². The number of rotatable bonds is 7. The van der Waals surface area contributed by atoms with Gasteiger partial charge in [0.15, 0.2) is 11.8 Å². The Morgan fingerprint density at radius 2 is 1.27 bits per heavy atom. The molecule has 0 unspecified atom stereocenters. The molecule has 4 aliphatic heterocycles. The number of nitrogens with zero attached hydrogens (tertiary/aromatic N) is 3. The fourth-order valence-electron chi connectivity index (χ4n) is 5.76. The van der Waals surface area contributed by atoms with Gasteiger partial charge in [0.25, 0.3) is 0 Å². The van der Waals surface area contributed by atoms with E-state index >= 15 is 0 Å². The highest BCUT2D eigenvalue weighted by Gasteiger charge is 2.40. The zero-order chi connectivity index (χ0) is 35.0. The lowest BCUT2D eigenvalue weighted by atomic mass is 10.2. The maximum Gasteiger partial charge on any atom is 0.411 e. The van der Waals surface area contributed by atoms with Crippen molar-refractivity contribution >= 4 is 29.9 Å². The van der Waals surface area contributed by atoms with Gasteiger partial charge in [0.2, 0.25) is 0 Å². The number of amides is 2. The second kappa shape index (κ2) is 19.2. The van der Waals surface area contributed by atoms with E-state index in [1.807, 2.05) is 66.7 Å². The lowest BCUT2D eigenvalue weighted by molar-refractivity contribution is -0.145. The summed E-state index contributed by atoms with van der Waals surface area (Å²) >= 11 is 0. The van der Waals surface area contributed by atoms with Gasteiger partial charge in [-0.2, -0.15) is 0 Å². The lowest BCUT2D eigenvalue weighted by Crippen LogP contribution is -2.42. The van der Waals surface area contributed by atoms with Crippen LogP contribution in [0.15, 0.2) is 72.4 Å². The van der Waals surface area contributed by atoms with E-state index in [9.17, 15) is 24.0 Å². The number of nitrogens with one attached hydrogen (secondary N) is 1. The predicted molar refractivity (Wildman–Crippen MR) is 181 cm³/mol. The Morgan fingerprint density at radius 1 is 0.735 bits per heavy atom. The molecular formula is C36H48N4O9. The van der Waals surface area contributed by atoms with Gasteiger partial charge in [-0.25, -0.2) is 19.2 Å². The second-order valence-corrected chi connectivity index (χ2v) is 11.9. The molecule has 2 aromatic rings. The van der Waals surface area contributed by atoms with E-state index in [0.717, 1.165) is 47.7 Å². The third kappa shape index (κ3) is 11.1. The standard InChI is InChI=1S/C18H22N2O4.C14H15NO5.C4H9N.H2/c1-23-17(21)16-11-15(19-9-5-6-10-19)12-20(16)18(22)24-13-14-7-3-2-4-8-14;1-19-13(17)12-7-11(16)8-15(12)14(18)20-9-10-5-3-2-4-6-10;1-2-4-5-3-1;/h2-4,7-8,11,16H,5-6,9-10,12-13H2,1H3;2-6,12H,7-9H2,1H3;5H,1-4H2;1H/t16-;12-;;/m00../s1. The van der Waals surface area contributed by atoms with Crippen molar-refractivity contribution in [3.05, 3.63) is 83.6 Å². The zero-order valence-electron chi connectivity index (χ0n) is 28.2. The summed E-state index contributed by atoms with van der Waals surface area (Å²) < 4.78 is 19.9. The van der Waals surface area contributed by atoms with Gasteiger partial charge in [-0.3, -0.25) is 14.6 Å². The number of hydrogen-bond acceptors (Lipinski definition) is 11. The van der Waals surface area contributed by atoms with Crippen molar-refractivity contribution in [2.24, 2.45) is 0 Å². The van der Waals surface area contributed by atoms with E-state index in [4.69, 9.17) is 14.2 Å². The lowest BCUT2D eigenvalue weighted by Gasteiger charge is -2.24. The van der Waals surface area contributed by atoms with Crippen LogP contribution in [0, 0.1) is 0 Å². The molecule has 13 nitrogen and oxygen atoms in total. The monoisotopic (exact) mass is 680 g/mol. The van der Waals surface area contributed by atoms with Crippen LogP contribution >= 0.6 is 0 Å². The van der Waals surface area contributed by atoms with Crippen LogP contribution in [0.25, 0.3) is 0 Å². The Hall–Kier alpha value is -4.91. The number of esters is 2. The molecule has 4 heterocycles. The Balaban J connectivity index is 0.000000235. The van der Waals surface area contributed by atoms with Gasteiger partial charge in [0, 0.05) is 26.6 Å². The van der Waals surface area contributed by atoms with E-state index in [0.29, 0.717) is 6.54 Å². The van der Waals surface area contributed by atoms with Gasteiger partial charge in [-0.1, -0.05) is 60.7 Å². The topological polar surface area (TPSA) is 144 Å². The molecule has 0 bridgehead atoms. The first kappa shape index (κ1) is 36.9. The quantitative estimate of drug-likeness (QED) is 0.336. The van der Waals surface area contributed by atoms with Gasteiger partial charge in [0.05, 0.1) is 27.3 Å². The van der Waals surface area contributed by atoms with Crippen molar-refractivity contribution in [1.82, 2.24) is 20.0 Å². The van der Waals surface area contributed by atoms with Gasteiger partial charge in [-0.15, -0.1) is 0 Å². The van der Waals surface area contributed by atoms with E-state index in [2.05, 4.69) is 15.0 Å². The Labute approximate surface area is 288 Å². The molecule has 0 radical (unpaired) electrons. The van der Waals surface area contributed by atoms with Crippen molar-refractivity contribution in [1.29, 1.82) is 0 Å². The molecule has 49 heavy (non-hydrogen) atoms. The number of methoxy groups -OCH3 is 2. The van der Waals surface area contributed by atoms with E-state index in [1.165, 1.54) is 45.1 Å². The number of Topliss-reactive ketones (excluding diaryl/α,β-unsaturated/α-hetero) is 1. The van der Waals surface area contributed by atoms with Crippen molar-refractivity contribution < 1.29 is 44.3 Å². The summed E-state index contributed by atoms with van der Waals surface area (Å²) in [4.78, 5) is 64.1. The molecule has 3 fully saturated rings. The number of carbonyl (C=O) groups excluding carboxylic acids is 5. The van der Waals surface area contributed by atoms with E-state index < -0.39 is 36.2 Å². The SMILES string of the molecule is C1CCNC1.COC(=O)[C@@H]1C=C(N2CCCC2)CN1C(=O)OCc1ccccc1.COC(=O)[C@@H]1CC(=O)CN1C(=O)OCc1ccccc1.[HH]. The van der Waals surface area contributed by atoms with Crippen molar-refractivity contribution in [2.75, 3.05) is 53.5 Å². The van der Waals surface area contributed by atoms with Crippen LogP contribution in [-0.4, -0.2) is 110 Å². The van der Waals surface area contributed by atoms with Gasteiger partial charge >= 0.3 is 24.1 Å². The van der Waals surface area contributed by atoms with Gasteiger partial charge in [-0.05, 0) is 56.0 Å². The molecule has 2 amide bonds. The molecule has 266 valence electrons. The third-order valence-electron chi connectivity index (χ3n) is 8.43. The van der Waals surface area contributed by atoms with Crippen molar-refractivity contribution in [3.63, 3.8) is 0 Å². The fourth-order valence-corrected chi connectivity index (χ4v) is 5.76. The Morgan fingerprint density at radius 3 is 1.76 bits per heavy atom. The van der Waals surface area contributed by atoms with Crippen LogP contribution in [0.1, 0.15) is 44.7 Å². The first-order valence-electron chi connectivity index (χ1n) is 16.6. The average Bonchev–Trinajstić information content (AvgIpc) is 3.98. The molecule has 3 saturated heterocycles. The zero-order valence-corrected chi connectivity index (χ0v) is 28.2. The van der Waals surface area contributed by atoms with Crippen molar-refractivity contribution in [3.8, 4) is 0 Å². The number of benzene rings is 2. The highest BCUT2D eigenvalue weighted by molar-refractivity contribution is 5.95. The molecule has 1 N–H and O–H groups in total. The second-order valence-electron chi connectivity index (χ2n) is 11.9. The minimum atomic E-state index is -0.879. The molecule has 6 rings (SSSR count). The first-order valence-corrected chi connectivity index (χ1v) is 16.6. The van der Waals surface area contributed by atoms with Gasteiger partial charge < -0.3 is 29.2 Å². The Bertz CT molecular complexity index is 1430. The minimum absolute atomic E-state index is 0. The van der Waals surface area contributed by atoms with E-state index in [1.54, 1.807) is 0 Å². The molecule has 0 saturated carbocycles. The van der Waals surface area contributed by atoms with Crippen LogP contribution in [0.4, 0.5) is 9.59 Å².